The van der Waals surface area contributed by atoms with Crippen LogP contribution >= 0.6 is 11.8 Å². The Morgan fingerprint density at radius 2 is 2.00 bits per heavy atom. The Morgan fingerprint density at radius 1 is 1.25 bits per heavy atom. The van der Waals surface area contributed by atoms with E-state index >= 15 is 0 Å². The summed E-state index contributed by atoms with van der Waals surface area (Å²) in [7, 11) is 0. The number of carbonyl (C=O) groups excluding carboxylic acids is 1. The molecule has 0 unspecified atom stereocenters. The minimum atomic E-state index is -0.959. The Balaban J connectivity index is 1.72. The highest BCUT2D eigenvalue weighted by atomic mass is 32.2. The molecule has 1 aromatic heterocycles. The molecule has 1 N–H and O–H groups in total. The van der Waals surface area contributed by atoms with Gasteiger partial charge >= 0.3 is 5.69 Å². The number of hydrogen-bond donors (Lipinski definition) is 1. The fourth-order valence-corrected chi connectivity index (χ4v) is 3.38. The highest BCUT2D eigenvalue weighted by Gasteiger charge is 2.17. The molecule has 2 aromatic carbocycles. The predicted octanol–water partition coefficient (Wildman–Crippen LogP) is 3.66. The number of aromatic nitrogens is 3. The number of nitro benzene ring substituents is 1. The fraction of sp³-hybridized carbons (Fsp3) is 0.167. The molecule has 0 saturated carbocycles. The van der Waals surface area contributed by atoms with E-state index in [4.69, 9.17) is 0 Å². The largest absolute Gasteiger partial charge is 0.325 e. The second-order valence-corrected chi connectivity index (χ2v) is 6.85. The highest BCUT2D eigenvalue weighted by Crippen LogP contribution is 2.25. The van der Waals surface area contributed by atoms with E-state index in [1.54, 1.807) is 0 Å². The summed E-state index contributed by atoms with van der Waals surface area (Å²) in [6, 6.07) is 10.9. The van der Waals surface area contributed by atoms with Crippen molar-refractivity contribution in [3.8, 4) is 5.69 Å². The molecule has 144 valence electrons. The van der Waals surface area contributed by atoms with Crippen LogP contribution < -0.4 is 5.32 Å². The maximum atomic E-state index is 13.4. The van der Waals surface area contributed by atoms with Gasteiger partial charge in [0.05, 0.1) is 16.4 Å². The summed E-state index contributed by atoms with van der Waals surface area (Å²) in [6.45, 7) is 3.79. The molecule has 0 spiro atoms. The summed E-state index contributed by atoms with van der Waals surface area (Å²) in [5.74, 6) is -0.664. The van der Waals surface area contributed by atoms with Crippen LogP contribution in [0.2, 0.25) is 0 Å². The first-order valence-electron chi connectivity index (χ1n) is 8.21. The molecule has 3 aromatic rings. The van der Waals surface area contributed by atoms with Gasteiger partial charge in [0.15, 0.2) is 5.16 Å². The molecule has 1 amide bonds. The van der Waals surface area contributed by atoms with Crippen molar-refractivity contribution in [3.05, 3.63) is 69.8 Å². The summed E-state index contributed by atoms with van der Waals surface area (Å²) >= 11 is 1.18. The van der Waals surface area contributed by atoms with E-state index in [1.165, 1.54) is 17.8 Å². The minimum absolute atomic E-state index is 0.00912. The van der Waals surface area contributed by atoms with Crippen LogP contribution in [0.25, 0.3) is 5.69 Å². The van der Waals surface area contributed by atoms with Crippen LogP contribution in [0.15, 0.2) is 47.6 Å². The molecular formula is C18H16FN5O3S. The number of nitro groups is 1. The monoisotopic (exact) mass is 401 g/mol. The van der Waals surface area contributed by atoms with Crippen LogP contribution in [0.3, 0.4) is 0 Å². The van der Waals surface area contributed by atoms with Crippen molar-refractivity contribution < 1.29 is 14.1 Å². The van der Waals surface area contributed by atoms with E-state index in [1.807, 2.05) is 42.7 Å². The number of hydrogen-bond acceptors (Lipinski definition) is 6. The second kappa shape index (κ2) is 8.17. The van der Waals surface area contributed by atoms with Gasteiger partial charge < -0.3 is 5.32 Å². The van der Waals surface area contributed by atoms with Gasteiger partial charge in [-0.2, -0.15) is 4.39 Å². The van der Waals surface area contributed by atoms with Crippen molar-refractivity contribution in [2.75, 3.05) is 11.1 Å². The number of aryl methyl sites for hydroxylation is 2. The summed E-state index contributed by atoms with van der Waals surface area (Å²) in [5, 5.41) is 22.1. The third-order valence-electron chi connectivity index (χ3n) is 3.91. The molecule has 10 heteroatoms. The first kappa shape index (κ1) is 19.5. The number of anilines is 1. The summed E-state index contributed by atoms with van der Waals surface area (Å²) in [6.07, 6.45) is 0. The summed E-state index contributed by atoms with van der Waals surface area (Å²) in [4.78, 5) is 22.2. The SMILES string of the molecule is Cc1ccccc1-n1c(C)nnc1SCC(=O)Nc1ccc(F)c([N+](=O)[O-])c1. The Kier molecular flexibility index (Phi) is 5.69. The van der Waals surface area contributed by atoms with Gasteiger partial charge in [-0.25, -0.2) is 0 Å². The normalized spacial score (nSPS) is 10.7. The third-order valence-corrected chi connectivity index (χ3v) is 4.84. The van der Waals surface area contributed by atoms with Crippen LogP contribution in [-0.4, -0.2) is 31.3 Å². The van der Waals surface area contributed by atoms with E-state index in [-0.39, 0.29) is 11.4 Å². The maximum Gasteiger partial charge on any atom is 0.306 e. The molecule has 0 radical (unpaired) electrons. The van der Waals surface area contributed by atoms with Crippen LogP contribution in [-0.2, 0) is 4.79 Å². The highest BCUT2D eigenvalue weighted by molar-refractivity contribution is 7.99. The average molecular weight is 401 g/mol. The van der Waals surface area contributed by atoms with E-state index < -0.39 is 22.3 Å². The molecule has 0 fully saturated rings. The molecule has 0 atom stereocenters. The zero-order chi connectivity index (χ0) is 20.3. The predicted molar refractivity (Wildman–Crippen MR) is 103 cm³/mol. The summed E-state index contributed by atoms with van der Waals surface area (Å²) in [5.41, 5.74) is 1.41. The van der Waals surface area contributed by atoms with Gasteiger partial charge in [-0.05, 0) is 37.6 Å². The van der Waals surface area contributed by atoms with Gasteiger partial charge in [-0.15, -0.1) is 10.2 Å². The lowest BCUT2D eigenvalue weighted by Gasteiger charge is -2.11. The number of halogens is 1. The van der Waals surface area contributed by atoms with Crippen LogP contribution in [0.4, 0.5) is 15.8 Å². The van der Waals surface area contributed by atoms with Gasteiger partial charge in [-0.1, -0.05) is 30.0 Å². The van der Waals surface area contributed by atoms with Gasteiger partial charge in [-0.3, -0.25) is 19.5 Å². The van der Waals surface area contributed by atoms with Gasteiger partial charge in [0.25, 0.3) is 0 Å². The number of nitrogens with one attached hydrogen (secondary N) is 1. The van der Waals surface area contributed by atoms with E-state index in [9.17, 15) is 19.3 Å². The van der Waals surface area contributed by atoms with Crippen LogP contribution in [0, 0.1) is 29.8 Å². The summed E-state index contributed by atoms with van der Waals surface area (Å²) < 4.78 is 15.2. The van der Waals surface area contributed by atoms with Crippen LogP contribution in [0.5, 0.6) is 0 Å². The molecule has 0 aliphatic heterocycles. The molecular weight excluding hydrogens is 385 g/mol. The van der Waals surface area contributed by atoms with Crippen molar-refractivity contribution >= 4 is 29.0 Å². The van der Waals surface area contributed by atoms with Crippen molar-refractivity contribution in [2.45, 2.75) is 19.0 Å². The second-order valence-electron chi connectivity index (χ2n) is 5.91. The third kappa shape index (κ3) is 4.17. The molecule has 0 saturated heterocycles. The standard InChI is InChI=1S/C18H16FN5O3S/c1-11-5-3-4-6-15(11)23-12(2)21-22-18(23)28-10-17(25)20-13-7-8-14(19)16(9-13)24(26)27/h3-9H,10H2,1-2H3,(H,20,25). The lowest BCUT2D eigenvalue weighted by Crippen LogP contribution is -2.15. The smallest absolute Gasteiger partial charge is 0.306 e. The topological polar surface area (TPSA) is 103 Å². The Bertz CT molecular complexity index is 1050. The van der Waals surface area contributed by atoms with Crippen molar-refractivity contribution in [2.24, 2.45) is 0 Å². The Morgan fingerprint density at radius 3 is 2.71 bits per heavy atom. The quantitative estimate of drug-likeness (QED) is 0.384. The number of amides is 1. The molecule has 0 aliphatic carbocycles. The Labute approximate surface area is 163 Å². The van der Waals surface area contributed by atoms with Crippen molar-refractivity contribution in [1.82, 2.24) is 14.8 Å². The first-order chi connectivity index (χ1) is 13.4. The number of benzene rings is 2. The number of thioether (sulfide) groups is 1. The van der Waals surface area contributed by atoms with Crippen molar-refractivity contribution in [3.63, 3.8) is 0 Å². The fourth-order valence-electron chi connectivity index (χ4n) is 2.59. The molecule has 3 rings (SSSR count). The minimum Gasteiger partial charge on any atom is -0.325 e. The Hall–Kier alpha value is -3.27. The van der Waals surface area contributed by atoms with Gasteiger partial charge in [0.2, 0.25) is 11.7 Å². The van der Waals surface area contributed by atoms with Gasteiger partial charge in [0.1, 0.15) is 5.82 Å². The number of para-hydroxylation sites is 1. The van der Waals surface area contributed by atoms with E-state index in [0.717, 1.165) is 23.4 Å². The molecule has 1 heterocycles. The number of carbonyl (C=O) groups is 1. The average Bonchev–Trinajstić information content (AvgIpc) is 3.02. The lowest BCUT2D eigenvalue weighted by atomic mass is 10.2. The zero-order valence-electron chi connectivity index (χ0n) is 15.0. The van der Waals surface area contributed by atoms with E-state index in [2.05, 4.69) is 15.5 Å². The lowest BCUT2D eigenvalue weighted by molar-refractivity contribution is -0.387. The first-order valence-corrected chi connectivity index (χ1v) is 9.20. The maximum absolute atomic E-state index is 13.4. The molecule has 8 nitrogen and oxygen atoms in total. The van der Waals surface area contributed by atoms with Crippen LogP contribution in [0.1, 0.15) is 11.4 Å². The number of nitrogens with zero attached hydrogens (tertiary/aromatic N) is 4. The number of rotatable bonds is 6. The van der Waals surface area contributed by atoms with Crippen molar-refractivity contribution in [1.29, 1.82) is 0 Å². The molecule has 0 aliphatic rings. The zero-order valence-corrected chi connectivity index (χ0v) is 15.9. The van der Waals surface area contributed by atoms with E-state index in [0.29, 0.717) is 11.0 Å². The molecule has 28 heavy (non-hydrogen) atoms. The molecule has 0 bridgehead atoms. The van der Waals surface area contributed by atoms with Gasteiger partial charge in [0, 0.05) is 11.8 Å².